The minimum atomic E-state index is -0.611. The number of anilines is 1. The van der Waals surface area contributed by atoms with Crippen molar-refractivity contribution in [3.63, 3.8) is 0 Å². The Morgan fingerprint density at radius 2 is 1.69 bits per heavy atom. The Kier molecular flexibility index (Phi) is 5.25. The van der Waals surface area contributed by atoms with Gasteiger partial charge in [-0.2, -0.15) is 0 Å². The number of benzene rings is 3. The van der Waals surface area contributed by atoms with Crippen molar-refractivity contribution in [1.82, 2.24) is 0 Å². The van der Waals surface area contributed by atoms with Crippen LogP contribution in [0, 0.1) is 0 Å². The third-order valence-corrected chi connectivity index (χ3v) is 4.97. The molecule has 0 spiro atoms. The maximum Gasteiger partial charge on any atom is 0.268 e. The molecule has 0 fully saturated rings. The number of ketones is 1. The Morgan fingerprint density at radius 3 is 2.41 bits per heavy atom. The highest BCUT2D eigenvalue weighted by atomic mass is 16.5. The number of ether oxygens (including phenoxy) is 1. The lowest BCUT2D eigenvalue weighted by Crippen LogP contribution is -2.44. The second-order valence-electron chi connectivity index (χ2n) is 6.98. The van der Waals surface area contributed by atoms with Crippen molar-refractivity contribution in [3.05, 3.63) is 102 Å². The molecule has 1 aliphatic heterocycles. The fraction of sp³-hybridized carbons (Fsp3) is 0.120. The van der Waals surface area contributed by atoms with Crippen molar-refractivity contribution >= 4 is 23.5 Å². The summed E-state index contributed by atoms with van der Waals surface area (Å²) in [5.41, 5.74) is 3.18. The van der Waals surface area contributed by atoms with Crippen LogP contribution in [0.5, 0.6) is 5.75 Å². The highest BCUT2D eigenvalue weighted by Crippen LogP contribution is 2.35. The SMILES string of the molecule is CN1C(=O)C(Cc2ccccc2)Oc2cc(C(=O)/C=C/c3ccccc3)ccc21. The number of hydrogen-bond donors (Lipinski definition) is 0. The molecular formula is C25H21NO3. The van der Waals surface area contributed by atoms with Crippen LogP contribution in [0.3, 0.4) is 0 Å². The Bertz CT molecular complexity index is 1060. The van der Waals surface area contributed by atoms with E-state index in [1.807, 2.05) is 60.7 Å². The van der Waals surface area contributed by atoms with E-state index in [1.54, 1.807) is 42.3 Å². The van der Waals surface area contributed by atoms with Crippen LogP contribution in [0.1, 0.15) is 21.5 Å². The van der Waals surface area contributed by atoms with Crippen LogP contribution < -0.4 is 9.64 Å². The first-order valence-corrected chi connectivity index (χ1v) is 9.51. The Morgan fingerprint density at radius 1 is 1.00 bits per heavy atom. The molecule has 3 aromatic carbocycles. The van der Waals surface area contributed by atoms with E-state index in [1.165, 1.54) is 0 Å². The van der Waals surface area contributed by atoms with E-state index in [0.717, 1.165) is 11.1 Å². The van der Waals surface area contributed by atoms with Crippen molar-refractivity contribution in [3.8, 4) is 5.75 Å². The molecule has 0 bridgehead atoms. The molecule has 0 radical (unpaired) electrons. The van der Waals surface area contributed by atoms with Gasteiger partial charge in [-0.15, -0.1) is 0 Å². The zero-order valence-electron chi connectivity index (χ0n) is 16.1. The zero-order valence-corrected chi connectivity index (χ0v) is 16.1. The van der Waals surface area contributed by atoms with Gasteiger partial charge in [0.1, 0.15) is 5.75 Å². The smallest absolute Gasteiger partial charge is 0.268 e. The molecule has 144 valence electrons. The molecule has 4 nitrogen and oxygen atoms in total. The molecule has 0 saturated carbocycles. The standard InChI is InChI=1S/C25H21NO3/c1-26-21-14-13-20(22(27)15-12-18-8-4-2-5-9-18)17-23(21)29-24(25(26)28)16-19-10-6-3-7-11-19/h2-15,17,24H,16H2,1H3/b15-12+. The van der Waals surface area contributed by atoms with Crippen LogP contribution in [-0.4, -0.2) is 24.8 Å². The first-order chi connectivity index (χ1) is 14.1. The molecule has 0 aliphatic carbocycles. The lowest BCUT2D eigenvalue weighted by molar-refractivity contribution is -0.125. The maximum absolute atomic E-state index is 12.7. The van der Waals surface area contributed by atoms with Crippen LogP contribution in [0.2, 0.25) is 0 Å². The third-order valence-electron chi connectivity index (χ3n) is 4.97. The van der Waals surface area contributed by atoms with E-state index < -0.39 is 6.10 Å². The van der Waals surface area contributed by atoms with Crippen molar-refractivity contribution < 1.29 is 14.3 Å². The first kappa shape index (κ1) is 18.7. The number of carbonyl (C=O) groups is 2. The topological polar surface area (TPSA) is 46.6 Å². The maximum atomic E-state index is 12.7. The molecule has 29 heavy (non-hydrogen) atoms. The van der Waals surface area contributed by atoms with Gasteiger partial charge in [0.25, 0.3) is 5.91 Å². The molecular weight excluding hydrogens is 362 g/mol. The Hall–Kier alpha value is -3.66. The predicted molar refractivity (Wildman–Crippen MR) is 114 cm³/mol. The fourth-order valence-electron chi connectivity index (χ4n) is 3.37. The first-order valence-electron chi connectivity index (χ1n) is 9.51. The quantitative estimate of drug-likeness (QED) is 0.480. The van der Waals surface area contributed by atoms with E-state index in [9.17, 15) is 9.59 Å². The number of carbonyl (C=O) groups excluding carboxylic acids is 2. The van der Waals surface area contributed by atoms with Crippen molar-refractivity contribution in [2.24, 2.45) is 0 Å². The van der Waals surface area contributed by atoms with Crippen molar-refractivity contribution in [2.75, 3.05) is 11.9 Å². The van der Waals surface area contributed by atoms with Gasteiger partial charge >= 0.3 is 0 Å². The molecule has 1 amide bonds. The highest BCUT2D eigenvalue weighted by Gasteiger charge is 2.32. The minimum Gasteiger partial charge on any atom is -0.478 e. The van der Waals surface area contributed by atoms with Gasteiger partial charge in [0.15, 0.2) is 11.9 Å². The average Bonchev–Trinajstić information content (AvgIpc) is 2.76. The van der Waals surface area contributed by atoms with Gasteiger partial charge in [-0.05, 0) is 35.4 Å². The summed E-state index contributed by atoms with van der Waals surface area (Å²) >= 11 is 0. The number of nitrogens with zero attached hydrogens (tertiary/aromatic N) is 1. The second-order valence-corrected chi connectivity index (χ2v) is 6.98. The summed E-state index contributed by atoms with van der Waals surface area (Å²) in [6.07, 6.45) is 3.21. The molecule has 1 heterocycles. The van der Waals surface area contributed by atoms with Gasteiger partial charge in [0.05, 0.1) is 5.69 Å². The molecule has 0 saturated heterocycles. The molecule has 1 atom stereocenters. The summed E-state index contributed by atoms with van der Waals surface area (Å²) < 4.78 is 6.00. The number of amides is 1. The molecule has 4 heteroatoms. The van der Waals surface area contributed by atoms with E-state index in [2.05, 4.69) is 0 Å². The van der Waals surface area contributed by atoms with Gasteiger partial charge in [-0.3, -0.25) is 9.59 Å². The van der Waals surface area contributed by atoms with Gasteiger partial charge in [-0.1, -0.05) is 66.7 Å². The Labute approximate surface area is 170 Å². The molecule has 4 rings (SSSR count). The zero-order chi connectivity index (χ0) is 20.2. The summed E-state index contributed by atoms with van der Waals surface area (Å²) in [5.74, 6) is 0.343. The summed E-state index contributed by atoms with van der Waals surface area (Å²) in [7, 11) is 1.73. The third kappa shape index (κ3) is 4.11. The summed E-state index contributed by atoms with van der Waals surface area (Å²) in [6.45, 7) is 0. The second kappa shape index (κ2) is 8.15. The van der Waals surface area contributed by atoms with Gasteiger partial charge in [-0.25, -0.2) is 0 Å². The summed E-state index contributed by atoms with van der Waals surface area (Å²) in [4.78, 5) is 26.9. The summed E-state index contributed by atoms with van der Waals surface area (Å²) in [6, 6.07) is 24.6. The monoisotopic (exact) mass is 383 g/mol. The van der Waals surface area contributed by atoms with E-state index in [4.69, 9.17) is 4.74 Å². The molecule has 1 unspecified atom stereocenters. The van der Waals surface area contributed by atoms with E-state index >= 15 is 0 Å². The number of likely N-dealkylation sites (N-methyl/N-ethyl adjacent to an activating group) is 1. The molecule has 0 N–H and O–H groups in total. The van der Waals surface area contributed by atoms with Crippen molar-refractivity contribution in [1.29, 1.82) is 0 Å². The lowest BCUT2D eigenvalue weighted by atomic mass is 10.0. The Balaban J connectivity index is 1.56. The van der Waals surface area contributed by atoms with E-state index in [-0.39, 0.29) is 11.7 Å². The summed E-state index contributed by atoms with van der Waals surface area (Å²) in [5, 5.41) is 0. The molecule has 0 aromatic heterocycles. The van der Waals surface area contributed by atoms with Crippen LogP contribution in [0.4, 0.5) is 5.69 Å². The number of allylic oxidation sites excluding steroid dienone is 1. The average molecular weight is 383 g/mol. The highest BCUT2D eigenvalue weighted by molar-refractivity contribution is 6.08. The molecule has 1 aliphatic rings. The van der Waals surface area contributed by atoms with Crippen LogP contribution in [0.15, 0.2) is 84.9 Å². The van der Waals surface area contributed by atoms with Gasteiger partial charge in [0, 0.05) is 19.0 Å². The predicted octanol–water partition coefficient (Wildman–Crippen LogP) is 4.55. The van der Waals surface area contributed by atoms with Crippen LogP contribution in [-0.2, 0) is 11.2 Å². The fourth-order valence-corrected chi connectivity index (χ4v) is 3.37. The number of rotatable bonds is 5. The number of hydrogen-bond acceptors (Lipinski definition) is 3. The van der Waals surface area contributed by atoms with E-state index in [0.29, 0.717) is 23.4 Å². The van der Waals surface area contributed by atoms with Crippen LogP contribution in [0.25, 0.3) is 6.08 Å². The lowest BCUT2D eigenvalue weighted by Gasteiger charge is -2.32. The molecule has 3 aromatic rings. The normalized spacial score (nSPS) is 15.8. The van der Waals surface area contributed by atoms with Gasteiger partial charge < -0.3 is 9.64 Å². The van der Waals surface area contributed by atoms with Crippen LogP contribution >= 0.6 is 0 Å². The van der Waals surface area contributed by atoms with Gasteiger partial charge in [0.2, 0.25) is 0 Å². The minimum absolute atomic E-state index is 0.0931. The number of fused-ring (bicyclic) bond motifs is 1. The van der Waals surface area contributed by atoms with Crippen molar-refractivity contribution in [2.45, 2.75) is 12.5 Å². The largest absolute Gasteiger partial charge is 0.478 e.